The first-order valence-electron chi connectivity index (χ1n) is 3.84. The Morgan fingerprint density at radius 1 is 1.23 bits per heavy atom. The molecule has 0 fully saturated rings. The Morgan fingerprint density at radius 2 is 1.85 bits per heavy atom. The summed E-state index contributed by atoms with van der Waals surface area (Å²) in [5.41, 5.74) is 1.000. The van der Waals surface area contributed by atoms with Crippen molar-refractivity contribution in [2.45, 2.75) is 6.43 Å². The number of halogens is 3. The molecule has 13 heavy (non-hydrogen) atoms. The first-order valence-corrected chi connectivity index (χ1v) is 4.97. The zero-order chi connectivity index (χ0) is 9.68. The third-order valence-electron chi connectivity index (χ3n) is 1.59. The number of benzene rings is 1. The number of hydrogen-bond acceptors (Lipinski definition) is 0. The first-order chi connectivity index (χ1) is 6.24. The van der Waals surface area contributed by atoms with Gasteiger partial charge in [-0.05, 0) is 5.56 Å². The summed E-state index contributed by atoms with van der Waals surface area (Å²) in [7, 11) is 0. The highest BCUT2D eigenvalue weighted by molar-refractivity contribution is 9.09. The fourth-order valence-electron chi connectivity index (χ4n) is 0.933. The minimum atomic E-state index is -2.38. The topological polar surface area (TPSA) is 0 Å². The Hall–Kier alpha value is -0.700. The summed E-state index contributed by atoms with van der Waals surface area (Å²) >= 11 is 3.24. The highest BCUT2D eigenvalue weighted by Gasteiger charge is 2.04. The third-order valence-corrected chi connectivity index (χ3v) is 1.96. The van der Waals surface area contributed by atoms with Crippen LogP contribution < -0.4 is 0 Å². The van der Waals surface area contributed by atoms with Gasteiger partial charge in [0, 0.05) is 10.9 Å². The van der Waals surface area contributed by atoms with Crippen LogP contribution in [-0.4, -0.2) is 5.33 Å². The molecule has 0 spiro atoms. The van der Waals surface area contributed by atoms with Crippen molar-refractivity contribution in [3.8, 4) is 0 Å². The van der Waals surface area contributed by atoms with E-state index in [-0.39, 0.29) is 5.56 Å². The lowest BCUT2D eigenvalue weighted by molar-refractivity contribution is 0.151. The Morgan fingerprint density at radius 3 is 2.31 bits per heavy atom. The number of rotatable bonds is 3. The molecule has 0 unspecified atom stereocenters. The maximum Gasteiger partial charge on any atom is 0.263 e. The van der Waals surface area contributed by atoms with E-state index in [0.717, 1.165) is 10.9 Å². The van der Waals surface area contributed by atoms with Crippen LogP contribution in [0.2, 0.25) is 0 Å². The molecule has 0 aromatic heterocycles. The van der Waals surface area contributed by atoms with Gasteiger partial charge in [-0.3, -0.25) is 0 Å². The number of alkyl halides is 3. The van der Waals surface area contributed by atoms with Crippen LogP contribution >= 0.6 is 15.9 Å². The fraction of sp³-hybridized carbons (Fsp3) is 0.200. The second-order valence-electron chi connectivity index (χ2n) is 2.52. The van der Waals surface area contributed by atoms with E-state index in [9.17, 15) is 8.78 Å². The average Bonchev–Trinajstić information content (AvgIpc) is 2.15. The molecular formula is C10H9BrF2. The molecule has 0 aliphatic rings. The van der Waals surface area contributed by atoms with Crippen molar-refractivity contribution in [1.29, 1.82) is 0 Å². The maximum absolute atomic E-state index is 12.1. The van der Waals surface area contributed by atoms with Crippen LogP contribution in [0.25, 0.3) is 6.08 Å². The minimum Gasteiger partial charge on any atom is -0.205 e. The maximum atomic E-state index is 12.1. The molecule has 0 aliphatic heterocycles. The molecule has 0 saturated heterocycles. The van der Waals surface area contributed by atoms with Crippen molar-refractivity contribution in [2.24, 2.45) is 0 Å². The molecule has 0 saturated carbocycles. The third kappa shape index (κ3) is 3.27. The van der Waals surface area contributed by atoms with E-state index in [2.05, 4.69) is 15.9 Å². The molecule has 0 aliphatic carbocycles. The van der Waals surface area contributed by atoms with E-state index >= 15 is 0 Å². The van der Waals surface area contributed by atoms with Crippen molar-refractivity contribution in [2.75, 3.05) is 5.33 Å². The number of allylic oxidation sites excluding steroid dienone is 1. The highest BCUT2D eigenvalue weighted by atomic mass is 79.9. The van der Waals surface area contributed by atoms with Gasteiger partial charge in [0.2, 0.25) is 0 Å². The van der Waals surface area contributed by atoms with Gasteiger partial charge in [-0.15, -0.1) is 0 Å². The molecule has 0 bridgehead atoms. The average molecular weight is 247 g/mol. The molecule has 1 rings (SSSR count). The standard InChI is InChI=1S/C10H9BrF2/c11-7-1-2-8-3-5-9(6-4-8)10(12)13/h1-6,10H,7H2. The van der Waals surface area contributed by atoms with Crippen LogP contribution in [0.5, 0.6) is 0 Å². The molecule has 0 amide bonds. The fourth-order valence-corrected chi connectivity index (χ4v) is 1.12. The van der Waals surface area contributed by atoms with Crippen molar-refractivity contribution in [3.05, 3.63) is 41.5 Å². The molecule has 0 atom stereocenters. The first kappa shape index (κ1) is 10.4. The largest absolute Gasteiger partial charge is 0.263 e. The predicted molar refractivity (Wildman–Crippen MR) is 54.2 cm³/mol. The van der Waals surface area contributed by atoms with Crippen molar-refractivity contribution in [1.82, 2.24) is 0 Å². The predicted octanol–water partition coefficient (Wildman–Crippen LogP) is 4.03. The Bertz CT molecular complexity index is 277. The van der Waals surface area contributed by atoms with Crippen LogP contribution in [0, 0.1) is 0 Å². The van der Waals surface area contributed by atoms with Crippen LogP contribution in [0.4, 0.5) is 8.78 Å². The van der Waals surface area contributed by atoms with E-state index in [1.807, 2.05) is 12.2 Å². The Labute approximate surface area is 84.4 Å². The molecule has 70 valence electrons. The van der Waals surface area contributed by atoms with Crippen LogP contribution in [0.15, 0.2) is 30.3 Å². The zero-order valence-corrected chi connectivity index (χ0v) is 8.47. The van der Waals surface area contributed by atoms with Crippen molar-refractivity contribution < 1.29 is 8.78 Å². The van der Waals surface area contributed by atoms with Crippen LogP contribution in [0.3, 0.4) is 0 Å². The normalized spacial score (nSPS) is 11.4. The SMILES string of the molecule is FC(F)c1ccc(C=CCBr)cc1. The summed E-state index contributed by atoms with van der Waals surface area (Å²) in [6, 6.07) is 6.25. The van der Waals surface area contributed by atoms with Gasteiger partial charge in [0.25, 0.3) is 6.43 Å². The summed E-state index contributed by atoms with van der Waals surface area (Å²) in [5.74, 6) is 0. The molecule has 0 heterocycles. The van der Waals surface area contributed by atoms with Gasteiger partial charge in [-0.25, -0.2) is 8.78 Å². The molecular weight excluding hydrogens is 238 g/mol. The van der Waals surface area contributed by atoms with E-state index in [1.54, 1.807) is 12.1 Å². The van der Waals surface area contributed by atoms with E-state index in [1.165, 1.54) is 12.1 Å². The smallest absolute Gasteiger partial charge is 0.205 e. The van der Waals surface area contributed by atoms with Gasteiger partial charge in [0.1, 0.15) is 0 Å². The molecule has 3 heteroatoms. The highest BCUT2D eigenvalue weighted by Crippen LogP contribution is 2.18. The summed E-state index contributed by atoms with van der Waals surface area (Å²) in [6.07, 6.45) is 1.41. The van der Waals surface area contributed by atoms with Gasteiger partial charge in [-0.2, -0.15) is 0 Å². The lowest BCUT2D eigenvalue weighted by Crippen LogP contribution is -1.82. The lowest BCUT2D eigenvalue weighted by Gasteiger charge is -1.98. The Kier molecular flexibility index (Phi) is 4.09. The second-order valence-corrected chi connectivity index (χ2v) is 3.17. The molecule has 1 aromatic rings. The molecule has 0 radical (unpaired) electrons. The summed E-state index contributed by atoms with van der Waals surface area (Å²) in [4.78, 5) is 0. The van der Waals surface area contributed by atoms with Crippen molar-refractivity contribution >= 4 is 22.0 Å². The van der Waals surface area contributed by atoms with Crippen LogP contribution in [0.1, 0.15) is 17.6 Å². The van der Waals surface area contributed by atoms with Gasteiger partial charge < -0.3 is 0 Å². The second kappa shape index (κ2) is 5.12. The minimum absolute atomic E-state index is 0.0657. The molecule has 0 N–H and O–H groups in total. The van der Waals surface area contributed by atoms with Crippen molar-refractivity contribution in [3.63, 3.8) is 0 Å². The summed E-state index contributed by atoms with van der Waals surface area (Å²) in [5, 5.41) is 0.767. The quantitative estimate of drug-likeness (QED) is 0.707. The van der Waals surface area contributed by atoms with E-state index in [0.29, 0.717) is 0 Å². The van der Waals surface area contributed by atoms with Gasteiger partial charge in [0.05, 0.1) is 0 Å². The summed E-state index contributed by atoms with van der Waals surface area (Å²) in [6.45, 7) is 0. The molecule has 0 nitrogen and oxygen atoms in total. The van der Waals surface area contributed by atoms with E-state index < -0.39 is 6.43 Å². The number of hydrogen-bond donors (Lipinski definition) is 0. The van der Waals surface area contributed by atoms with Gasteiger partial charge in [0.15, 0.2) is 0 Å². The van der Waals surface area contributed by atoms with E-state index in [4.69, 9.17) is 0 Å². The Balaban J connectivity index is 2.75. The molecule has 1 aromatic carbocycles. The zero-order valence-electron chi connectivity index (χ0n) is 6.88. The monoisotopic (exact) mass is 246 g/mol. The summed E-state index contributed by atoms with van der Waals surface area (Å²) < 4.78 is 24.3. The van der Waals surface area contributed by atoms with Gasteiger partial charge in [-0.1, -0.05) is 52.3 Å². The lowest BCUT2D eigenvalue weighted by atomic mass is 10.1. The van der Waals surface area contributed by atoms with Crippen LogP contribution in [-0.2, 0) is 0 Å². The van der Waals surface area contributed by atoms with Gasteiger partial charge >= 0.3 is 0 Å².